The second-order valence-corrected chi connectivity index (χ2v) is 6.65. The van der Waals surface area contributed by atoms with E-state index in [-0.39, 0.29) is 17.9 Å². The van der Waals surface area contributed by atoms with E-state index in [0.29, 0.717) is 6.54 Å². The number of rotatable bonds is 5. The van der Waals surface area contributed by atoms with Gasteiger partial charge in [-0.2, -0.15) is 0 Å². The SMILES string of the molecule is CC(=O)NC1CCN(CC(=O)N(c2ccccc2)c2ccccc2)CC1. The fraction of sp³-hybridized carbons (Fsp3) is 0.333. The van der Waals surface area contributed by atoms with Crippen molar-refractivity contribution < 1.29 is 9.59 Å². The van der Waals surface area contributed by atoms with E-state index < -0.39 is 0 Å². The highest BCUT2D eigenvalue weighted by Gasteiger charge is 2.24. The summed E-state index contributed by atoms with van der Waals surface area (Å²) in [6.45, 7) is 3.55. The summed E-state index contributed by atoms with van der Waals surface area (Å²) in [7, 11) is 0. The van der Waals surface area contributed by atoms with Crippen LogP contribution in [0.5, 0.6) is 0 Å². The average molecular weight is 351 g/mol. The van der Waals surface area contributed by atoms with E-state index in [1.807, 2.05) is 60.7 Å². The average Bonchev–Trinajstić information content (AvgIpc) is 2.65. The maximum Gasteiger partial charge on any atom is 0.245 e. The highest BCUT2D eigenvalue weighted by atomic mass is 16.2. The van der Waals surface area contributed by atoms with E-state index in [1.165, 1.54) is 0 Å². The van der Waals surface area contributed by atoms with E-state index in [9.17, 15) is 9.59 Å². The lowest BCUT2D eigenvalue weighted by atomic mass is 10.0. The fourth-order valence-corrected chi connectivity index (χ4v) is 3.38. The molecule has 136 valence electrons. The van der Waals surface area contributed by atoms with Crippen LogP contribution in [0.3, 0.4) is 0 Å². The Hall–Kier alpha value is -2.66. The second-order valence-electron chi connectivity index (χ2n) is 6.65. The first-order valence-electron chi connectivity index (χ1n) is 9.06. The van der Waals surface area contributed by atoms with Crippen LogP contribution in [0.4, 0.5) is 11.4 Å². The number of hydrogen-bond acceptors (Lipinski definition) is 3. The number of nitrogens with zero attached hydrogens (tertiary/aromatic N) is 2. The number of carbonyl (C=O) groups is 2. The van der Waals surface area contributed by atoms with Gasteiger partial charge in [0.1, 0.15) is 0 Å². The zero-order valence-corrected chi connectivity index (χ0v) is 15.1. The predicted octanol–water partition coefficient (Wildman–Crippen LogP) is 2.95. The lowest BCUT2D eigenvalue weighted by Gasteiger charge is -2.33. The third-order valence-corrected chi connectivity index (χ3v) is 4.63. The minimum Gasteiger partial charge on any atom is -0.354 e. The number of nitrogens with one attached hydrogen (secondary N) is 1. The molecule has 1 heterocycles. The van der Waals surface area contributed by atoms with Gasteiger partial charge in [0.15, 0.2) is 0 Å². The number of piperidine rings is 1. The Balaban J connectivity index is 1.68. The Morgan fingerprint density at radius 1 is 0.962 bits per heavy atom. The van der Waals surface area contributed by atoms with Crippen LogP contribution < -0.4 is 10.2 Å². The van der Waals surface area contributed by atoms with Gasteiger partial charge in [-0.25, -0.2) is 0 Å². The molecular formula is C21H25N3O2. The van der Waals surface area contributed by atoms with Gasteiger partial charge in [-0.15, -0.1) is 0 Å². The summed E-state index contributed by atoms with van der Waals surface area (Å²) in [5.74, 6) is 0.0687. The summed E-state index contributed by atoms with van der Waals surface area (Å²) in [4.78, 5) is 28.2. The van der Waals surface area contributed by atoms with Crippen molar-refractivity contribution in [3.05, 3.63) is 60.7 Å². The molecule has 1 fully saturated rings. The van der Waals surface area contributed by atoms with Crippen molar-refractivity contribution in [3.8, 4) is 0 Å². The first-order chi connectivity index (χ1) is 12.6. The summed E-state index contributed by atoms with van der Waals surface area (Å²) in [5.41, 5.74) is 1.74. The van der Waals surface area contributed by atoms with Crippen molar-refractivity contribution in [2.24, 2.45) is 0 Å². The molecule has 0 aromatic heterocycles. The Labute approximate surface area is 154 Å². The van der Waals surface area contributed by atoms with Crippen LogP contribution in [0.2, 0.25) is 0 Å². The summed E-state index contributed by atoms with van der Waals surface area (Å²) < 4.78 is 0. The minimum absolute atomic E-state index is 0.0128. The van der Waals surface area contributed by atoms with Gasteiger partial charge >= 0.3 is 0 Å². The molecule has 0 aliphatic carbocycles. The van der Waals surface area contributed by atoms with E-state index in [2.05, 4.69) is 10.2 Å². The van der Waals surface area contributed by atoms with Gasteiger partial charge in [-0.1, -0.05) is 36.4 Å². The van der Waals surface area contributed by atoms with Crippen molar-refractivity contribution in [2.45, 2.75) is 25.8 Å². The molecule has 0 saturated carbocycles. The zero-order valence-electron chi connectivity index (χ0n) is 15.1. The van der Waals surface area contributed by atoms with Crippen molar-refractivity contribution in [2.75, 3.05) is 24.5 Å². The third-order valence-electron chi connectivity index (χ3n) is 4.63. The van der Waals surface area contributed by atoms with Gasteiger partial charge in [-0.3, -0.25) is 19.4 Å². The van der Waals surface area contributed by atoms with Crippen molar-refractivity contribution in [1.29, 1.82) is 0 Å². The van der Waals surface area contributed by atoms with Gasteiger partial charge in [0.2, 0.25) is 11.8 Å². The molecule has 1 saturated heterocycles. The fourth-order valence-electron chi connectivity index (χ4n) is 3.38. The minimum atomic E-state index is 0.0128. The lowest BCUT2D eigenvalue weighted by Crippen LogP contribution is -2.47. The smallest absolute Gasteiger partial charge is 0.245 e. The van der Waals surface area contributed by atoms with Gasteiger partial charge < -0.3 is 5.32 Å². The molecule has 2 aromatic rings. The molecule has 2 aromatic carbocycles. The predicted molar refractivity (Wildman–Crippen MR) is 103 cm³/mol. The molecular weight excluding hydrogens is 326 g/mol. The first-order valence-corrected chi connectivity index (χ1v) is 9.06. The van der Waals surface area contributed by atoms with Crippen LogP contribution >= 0.6 is 0 Å². The molecule has 0 bridgehead atoms. The van der Waals surface area contributed by atoms with Crippen LogP contribution in [0.25, 0.3) is 0 Å². The molecule has 1 aliphatic rings. The first kappa shape index (κ1) is 18.1. The molecule has 2 amide bonds. The standard InChI is InChI=1S/C21H25N3O2/c1-17(25)22-18-12-14-23(15-13-18)16-21(26)24(19-8-4-2-5-9-19)20-10-6-3-7-11-20/h2-11,18H,12-16H2,1H3,(H,22,25). The number of likely N-dealkylation sites (tertiary alicyclic amines) is 1. The third kappa shape index (κ3) is 4.70. The molecule has 5 nitrogen and oxygen atoms in total. The van der Waals surface area contributed by atoms with Crippen molar-refractivity contribution in [3.63, 3.8) is 0 Å². The number of para-hydroxylation sites is 2. The Morgan fingerprint density at radius 2 is 1.46 bits per heavy atom. The van der Waals surface area contributed by atoms with Gasteiger partial charge in [0, 0.05) is 37.4 Å². The van der Waals surface area contributed by atoms with Gasteiger partial charge in [0.05, 0.1) is 6.54 Å². The highest BCUT2D eigenvalue weighted by Crippen LogP contribution is 2.25. The maximum absolute atomic E-state index is 13.1. The maximum atomic E-state index is 13.1. The van der Waals surface area contributed by atoms with Crippen LogP contribution in [0.15, 0.2) is 60.7 Å². The Morgan fingerprint density at radius 3 is 1.92 bits per heavy atom. The van der Waals surface area contributed by atoms with Gasteiger partial charge in [-0.05, 0) is 37.1 Å². The Kier molecular flexibility index (Phi) is 6.02. The van der Waals surface area contributed by atoms with Crippen LogP contribution in [0, 0.1) is 0 Å². The molecule has 3 rings (SSSR count). The number of anilines is 2. The topological polar surface area (TPSA) is 52.7 Å². The van der Waals surface area contributed by atoms with E-state index in [1.54, 1.807) is 11.8 Å². The summed E-state index contributed by atoms with van der Waals surface area (Å²) in [5, 5.41) is 2.97. The normalized spacial score (nSPS) is 15.4. The molecule has 1 aliphatic heterocycles. The Bertz CT molecular complexity index is 686. The van der Waals surface area contributed by atoms with Crippen molar-refractivity contribution >= 4 is 23.2 Å². The molecule has 0 unspecified atom stereocenters. The molecule has 26 heavy (non-hydrogen) atoms. The lowest BCUT2D eigenvalue weighted by molar-refractivity contribution is -0.121. The molecule has 0 radical (unpaired) electrons. The van der Waals surface area contributed by atoms with Gasteiger partial charge in [0.25, 0.3) is 0 Å². The van der Waals surface area contributed by atoms with E-state index in [4.69, 9.17) is 0 Å². The largest absolute Gasteiger partial charge is 0.354 e. The van der Waals surface area contributed by atoms with E-state index >= 15 is 0 Å². The molecule has 1 N–H and O–H groups in total. The summed E-state index contributed by atoms with van der Waals surface area (Å²) in [6, 6.07) is 19.7. The molecule has 0 spiro atoms. The van der Waals surface area contributed by atoms with Crippen LogP contribution in [-0.2, 0) is 9.59 Å². The second kappa shape index (κ2) is 8.63. The number of carbonyl (C=O) groups excluding carboxylic acids is 2. The van der Waals surface area contributed by atoms with Crippen LogP contribution in [-0.4, -0.2) is 42.4 Å². The summed E-state index contributed by atoms with van der Waals surface area (Å²) in [6.07, 6.45) is 1.76. The highest BCUT2D eigenvalue weighted by molar-refractivity contribution is 6.01. The van der Waals surface area contributed by atoms with Crippen molar-refractivity contribution in [1.82, 2.24) is 10.2 Å². The zero-order chi connectivity index (χ0) is 18.4. The van der Waals surface area contributed by atoms with E-state index in [0.717, 1.165) is 37.3 Å². The molecule has 5 heteroatoms. The number of hydrogen-bond donors (Lipinski definition) is 1. The number of amides is 2. The summed E-state index contributed by atoms with van der Waals surface area (Å²) >= 11 is 0. The number of benzene rings is 2. The quantitative estimate of drug-likeness (QED) is 0.901. The monoisotopic (exact) mass is 351 g/mol. The van der Waals surface area contributed by atoms with Crippen LogP contribution in [0.1, 0.15) is 19.8 Å². The molecule has 0 atom stereocenters.